The third-order valence-corrected chi connectivity index (χ3v) is 8.81. The molecule has 0 radical (unpaired) electrons. The van der Waals surface area contributed by atoms with Crippen LogP contribution in [0, 0.1) is 5.41 Å². The van der Waals surface area contributed by atoms with Crippen LogP contribution in [0.3, 0.4) is 0 Å². The van der Waals surface area contributed by atoms with E-state index in [1.165, 1.54) is 11.8 Å². The Kier molecular flexibility index (Phi) is 6.73. The van der Waals surface area contributed by atoms with E-state index in [2.05, 4.69) is 0 Å². The lowest BCUT2D eigenvalue weighted by Gasteiger charge is -2.55. The van der Waals surface area contributed by atoms with E-state index in [-0.39, 0.29) is 43.2 Å². The summed E-state index contributed by atoms with van der Waals surface area (Å²) in [4.78, 5) is 27.2. The van der Waals surface area contributed by atoms with E-state index in [0.717, 1.165) is 10.5 Å². The van der Waals surface area contributed by atoms with E-state index < -0.39 is 28.5 Å². The molecule has 4 rings (SSSR count). The number of Topliss-reactive ketones (excluding diaryl/α,β-unsaturated/α-hetero) is 2. The number of carbonyl (C=O) groups excluding carboxylic acids is 2. The highest BCUT2D eigenvalue weighted by molar-refractivity contribution is 8.00. The average molecular weight is 473 g/mol. The van der Waals surface area contributed by atoms with Crippen LogP contribution in [0.25, 0.3) is 0 Å². The molecule has 0 heterocycles. The lowest BCUT2D eigenvalue weighted by molar-refractivity contribution is -0.154. The second kappa shape index (κ2) is 9.12. The fraction of sp³-hybridized carbons (Fsp3) is 0.538. The van der Waals surface area contributed by atoms with Crippen LogP contribution >= 0.6 is 11.8 Å². The number of aliphatic hydroxyl groups is 3. The topological polar surface area (TPSA) is 104 Å². The molecule has 0 aromatic heterocycles. The predicted molar refractivity (Wildman–Crippen MR) is 126 cm³/mol. The monoisotopic (exact) mass is 472 g/mol. The molecule has 0 fully saturated rings. The molecule has 0 aliphatic heterocycles. The quantitative estimate of drug-likeness (QED) is 0.605. The summed E-state index contributed by atoms with van der Waals surface area (Å²) in [6.45, 7) is 5.31. The number of fused-ring (bicyclic) bond motifs is 2. The fourth-order valence-corrected chi connectivity index (χ4v) is 7.24. The average Bonchev–Trinajstić information content (AvgIpc) is 2.78. The Hall–Kier alpha value is -1.77. The van der Waals surface area contributed by atoms with Gasteiger partial charge in [0.25, 0.3) is 0 Å². The van der Waals surface area contributed by atoms with Crippen LogP contribution in [0.1, 0.15) is 46.5 Å². The zero-order chi connectivity index (χ0) is 24.0. The van der Waals surface area contributed by atoms with Gasteiger partial charge in [0.2, 0.25) is 0 Å². The number of hydrogen-bond acceptors (Lipinski definition) is 7. The Balaban J connectivity index is 2.02. The van der Waals surface area contributed by atoms with Crippen molar-refractivity contribution < 1.29 is 29.6 Å². The molecule has 3 aliphatic carbocycles. The van der Waals surface area contributed by atoms with Crippen molar-refractivity contribution in [3.8, 4) is 0 Å². The Morgan fingerprint density at radius 2 is 1.82 bits per heavy atom. The van der Waals surface area contributed by atoms with Gasteiger partial charge in [-0.2, -0.15) is 0 Å². The number of aliphatic hydroxyl groups excluding tert-OH is 2. The van der Waals surface area contributed by atoms with Crippen molar-refractivity contribution in [2.75, 3.05) is 13.2 Å². The van der Waals surface area contributed by atoms with E-state index in [1.54, 1.807) is 6.92 Å². The van der Waals surface area contributed by atoms with Crippen molar-refractivity contribution in [1.82, 2.24) is 0 Å². The molecule has 6 nitrogen and oxygen atoms in total. The number of ether oxygens (including phenoxy) is 1. The van der Waals surface area contributed by atoms with Gasteiger partial charge in [-0.15, -0.1) is 11.8 Å². The van der Waals surface area contributed by atoms with Gasteiger partial charge < -0.3 is 20.1 Å². The van der Waals surface area contributed by atoms with Crippen LogP contribution in [0.4, 0.5) is 0 Å². The summed E-state index contributed by atoms with van der Waals surface area (Å²) in [5.74, 6) is -0.450. The number of carbonyl (C=O) groups is 2. The van der Waals surface area contributed by atoms with Gasteiger partial charge >= 0.3 is 0 Å². The van der Waals surface area contributed by atoms with Gasteiger partial charge in [-0.3, -0.25) is 9.59 Å². The smallest absolute Gasteiger partial charge is 0.161 e. The van der Waals surface area contributed by atoms with E-state index in [9.17, 15) is 24.9 Å². The second-order valence-corrected chi connectivity index (χ2v) is 10.9. The highest BCUT2D eigenvalue weighted by atomic mass is 32.2. The molecule has 178 valence electrons. The van der Waals surface area contributed by atoms with Crippen LogP contribution in [0.5, 0.6) is 0 Å². The van der Waals surface area contributed by atoms with Crippen molar-refractivity contribution in [2.24, 2.45) is 5.41 Å². The first-order valence-electron chi connectivity index (χ1n) is 11.5. The molecule has 1 aromatic carbocycles. The molecule has 0 saturated heterocycles. The van der Waals surface area contributed by atoms with Gasteiger partial charge in [0.1, 0.15) is 11.7 Å². The fourth-order valence-electron chi connectivity index (χ4n) is 5.68. The molecule has 2 bridgehead atoms. The standard InChI is InChI=1S/C26H32O6S/c1-15-19(29)14-26(31)24(30)20-17(10-7-11-18(20)28)22(32-13-12-27)23(21(15)25(26,2)3)33-16-8-5-4-6-9-16/h4-6,8-9,22-24,27,30-31H,7,10-14H2,1-3H3/t22-,23-,24+,26-/m1/s1. The third-order valence-electron chi connectivity index (χ3n) is 7.53. The molecular weight excluding hydrogens is 440 g/mol. The maximum Gasteiger partial charge on any atom is 0.161 e. The molecule has 33 heavy (non-hydrogen) atoms. The number of benzene rings is 1. The first-order valence-corrected chi connectivity index (χ1v) is 12.4. The van der Waals surface area contributed by atoms with Crippen molar-refractivity contribution in [3.63, 3.8) is 0 Å². The Bertz CT molecular complexity index is 1010. The first kappa shape index (κ1) is 24.4. The number of hydrogen-bond donors (Lipinski definition) is 3. The van der Waals surface area contributed by atoms with Gasteiger partial charge in [0.15, 0.2) is 11.6 Å². The Labute approximate surface area is 198 Å². The summed E-state index contributed by atoms with van der Waals surface area (Å²) >= 11 is 1.52. The van der Waals surface area contributed by atoms with E-state index in [4.69, 9.17) is 4.74 Å². The number of allylic oxidation sites excluding steroid dienone is 1. The highest BCUT2D eigenvalue weighted by Gasteiger charge is 2.61. The van der Waals surface area contributed by atoms with E-state index >= 15 is 0 Å². The van der Waals surface area contributed by atoms with Crippen LogP contribution in [0.15, 0.2) is 57.5 Å². The summed E-state index contributed by atoms with van der Waals surface area (Å²) in [6.07, 6.45) is -0.903. The van der Waals surface area contributed by atoms with Crippen LogP contribution in [0.2, 0.25) is 0 Å². The van der Waals surface area contributed by atoms with E-state index in [0.29, 0.717) is 24.0 Å². The van der Waals surface area contributed by atoms with Gasteiger partial charge in [0.05, 0.1) is 24.6 Å². The summed E-state index contributed by atoms with van der Waals surface area (Å²) in [5, 5.41) is 32.5. The molecular formula is C26H32O6S. The Morgan fingerprint density at radius 3 is 2.48 bits per heavy atom. The summed E-state index contributed by atoms with van der Waals surface area (Å²) in [6, 6.07) is 9.74. The molecule has 0 unspecified atom stereocenters. The normalized spacial score (nSPS) is 31.9. The SMILES string of the molecule is CC1=C2[C@@H](Sc3ccccc3)[C@H](OCCO)C3=C(C(=O)CCC3)[C@H](O)[C@](O)(CC1=O)C2(C)C. The number of thioether (sulfide) groups is 1. The minimum absolute atomic E-state index is 0.0581. The van der Waals surface area contributed by atoms with E-state index in [1.807, 2.05) is 44.2 Å². The molecule has 4 atom stereocenters. The summed E-state index contributed by atoms with van der Waals surface area (Å²) < 4.78 is 6.20. The second-order valence-electron chi connectivity index (χ2n) is 9.67. The summed E-state index contributed by atoms with van der Waals surface area (Å²) in [7, 11) is 0. The van der Waals surface area contributed by atoms with Crippen molar-refractivity contribution >= 4 is 23.3 Å². The van der Waals surface area contributed by atoms with Gasteiger partial charge in [-0.1, -0.05) is 32.0 Å². The molecule has 0 amide bonds. The largest absolute Gasteiger partial charge is 0.394 e. The minimum atomic E-state index is -1.82. The van der Waals surface area contributed by atoms with Crippen LogP contribution in [-0.2, 0) is 14.3 Å². The zero-order valence-corrected chi connectivity index (χ0v) is 20.2. The molecule has 0 saturated carbocycles. The van der Waals surface area contributed by atoms with Crippen LogP contribution < -0.4 is 0 Å². The van der Waals surface area contributed by atoms with Gasteiger partial charge in [0, 0.05) is 28.7 Å². The van der Waals surface area contributed by atoms with Gasteiger partial charge in [-0.25, -0.2) is 0 Å². The predicted octanol–water partition coefficient (Wildman–Crippen LogP) is 3.00. The molecule has 3 N–H and O–H groups in total. The number of ketones is 2. The van der Waals surface area contributed by atoms with Gasteiger partial charge in [-0.05, 0) is 48.6 Å². The zero-order valence-electron chi connectivity index (χ0n) is 19.3. The maximum atomic E-state index is 13.2. The maximum absolute atomic E-state index is 13.2. The van der Waals surface area contributed by atoms with Crippen LogP contribution in [-0.4, -0.2) is 63.2 Å². The van der Waals surface area contributed by atoms with Crippen molar-refractivity contribution in [2.45, 2.75) is 74.4 Å². The Morgan fingerprint density at radius 1 is 1.12 bits per heavy atom. The number of rotatable bonds is 5. The highest BCUT2D eigenvalue weighted by Crippen LogP contribution is 2.56. The minimum Gasteiger partial charge on any atom is -0.394 e. The summed E-state index contributed by atoms with van der Waals surface area (Å²) in [5.41, 5.74) is -0.674. The lowest BCUT2D eigenvalue weighted by atomic mass is 9.55. The third kappa shape index (κ3) is 3.94. The van der Waals surface area contributed by atoms with Crippen molar-refractivity contribution in [3.05, 3.63) is 52.6 Å². The molecule has 0 spiro atoms. The molecule has 7 heteroatoms. The van der Waals surface area contributed by atoms with Crippen molar-refractivity contribution in [1.29, 1.82) is 0 Å². The first-order chi connectivity index (χ1) is 15.6. The molecule has 3 aliphatic rings. The lowest BCUT2D eigenvalue weighted by Crippen LogP contribution is -2.63. The molecule has 1 aromatic rings.